The average molecular weight is 451 g/mol. The van der Waals surface area contributed by atoms with E-state index in [0.29, 0.717) is 17.1 Å². The molecule has 1 N–H and O–H groups in total. The van der Waals surface area contributed by atoms with Gasteiger partial charge >= 0.3 is 0 Å². The van der Waals surface area contributed by atoms with E-state index in [2.05, 4.69) is 28.0 Å². The van der Waals surface area contributed by atoms with Gasteiger partial charge in [0.2, 0.25) is 0 Å². The van der Waals surface area contributed by atoms with Crippen LogP contribution in [0.5, 0.6) is 11.5 Å². The minimum absolute atomic E-state index is 0.00415. The van der Waals surface area contributed by atoms with Crippen LogP contribution in [-0.4, -0.2) is 24.8 Å². The maximum Gasteiger partial charge on any atom is 0.280 e. The third-order valence-electron chi connectivity index (χ3n) is 3.62. The monoisotopic (exact) mass is 451 g/mol. The number of methoxy groups -OCH3 is 2. The standard InChI is InChI=1S/C18H18IN3O3/c1-11-5-6-12(2)22(11)21-18(23)14(10-20)7-13-8-15(19)17(25-4)16(9-13)24-3/h5-9H,1-4H3,(H,21,23)/b14-7-. The Labute approximate surface area is 160 Å². The van der Waals surface area contributed by atoms with Gasteiger partial charge in [0, 0.05) is 11.4 Å². The van der Waals surface area contributed by atoms with Gasteiger partial charge in [-0.3, -0.25) is 14.9 Å². The molecule has 0 unspecified atom stereocenters. The number of hydrogen-bond acceptors (Lipinski definition) is 4. The predicted molar refractivity (Wildman–Crippen MR) is 104 cm³/mol. The van der Waals surface area contributed by atoms with E-state index < -0.39 is 5.91 Å². The fraction of sp³-hybridized carbons (Fsp3) is 0.222. The molecule has 0 fully saturated rings. The van der Waals surface area contributed by atoms with Gasteiger partial charge in [-0.2, -0.15) is 5.26 Å². The molecule has 2 aromatic rings. The lowest BCUT2D eigenvalue weighted by molar-refractivity contribution is -0.113. The lowest BCUT2D eigenvalue weighted by Gasteiger charge is -2.12. The van der Waals surface area contributed by atoms with Crippen LogP contribution in [0.15, 0.2) is 29.8 Å². The summed E-state index contributed by atoms with van der Waals surface area (Å²) < 4.78 is 13.1. The molecule has 1 aromatic heterocycles. The van der Waals surface area contributed by atoms with Gasteiger partial charge in [-0.15, -0.1) is 0 Å². The molecule has 0 aliphatic heterocycles. The minimum atomic E-state index is -0.477. The number of rotatable bonds is 5. The maximum atomic E-state index is 12.4. The number of halogens is 1. The number of nitrogens with zero attached hydrogens (tertiary/aromatic N) is 2. The Kier molecular flexibility index (Phi) is 6.09. The zero-order valence-corrected chi connectivity index (χ0v) is 16.5. The van der Waals surface area contributed by atoms with Crippen molar-refractivity contribution in [1.29, 1.82) is 5.26 Å². The molecule has 0 radical (unpaired) electrons. The van der Waals surface area contributed by atoms with Crippen molar-refractivity contribution in [2.45, 2.75) is 13.8 Å². The Morgan fingerprint density at radius 3 is 2.40 bits per heavy atom. The van der Waals surface area contributed by atoms with Crippen LogP contribution in [0.3, 0.4) is 0 Å². The van der Waals surface area contributed by atoms with Gasteiger partial charge in [0.1, 0.15) is 11.6 Å². The second-order valence-electron chi connectivity index (χ2n) is 5.30. The van der Waals surface area contributed by atoms with Crippen molar-refractivity contribution in [3.05, 3.63) is 50.4 Å². The van der Waals surface area contributed by atoms with E-state index in [4.69, 9.17) is 9.47 Å². The van der Waals surface area contributed by atoms with Crippen molar-refractivity contribution in [3.63, 3.8) is 0 Å². The molecule has 0 aliphatic carbocycles. The van der Waals surface area contributed by atoms with E-state index in [-0.39, 0.29) is 5.57 Å². The Balaban J connectivity index is 2.36. The number of nitrogens with one attached hydrogen (secondary N) is 1. The van der Waals surface area contributed by atoms with Gasteiger partial charge in [-0.05, 0) is 72.3 Å². The normalized spacial score (nSPS) is 11.0. The van der Waals surface area contributed by atoms with E-state index in [0.717, 1.165) is 15.0 Å². The third-order valence-corrected chi connectivity index (χ3v) is 4.42. The van der Waals surface area contributed by atoms with Crippen LogP contribution < -0.4 is 14.9 Å². The van der Waals surface area contributed by atoms with Crippen LogP contribution in [0, 0.1) is 28.7 Å². The number of carbonyl (C=O) groups excluding carboxylic acids is 1. The third kappa shape index (κ3) is 4.14. The lowest BCUT2D eigenvalue weighted by atomic mass is 10.1. The molecule has 0 aliphatic rings. The van der Waals surface area contributed by atoms with Crippen LogP contribution in [0.2, 0.25) is 0 Å². The molecule has 0 bridgehead atoms. The molecule has 25 heavy (non-hydrogen) atoms. The first kappa shape index (κ1) is 18.9. The number of ether oxygens (including phenoxy) is 2. The molecule has 1 heterocycles. The molecule has 1 aromatic carbocycles. The van der Waals surface area contributed by atoms with Gasteiger partial charge in [-0.1, -0.05) is 0 Å². The summed E-state index contributed by atoms with van der Waals surface area (Å²) in [7, 11) is 3.10. The Hall–Kier alpha value is -2.47. The van der Waals surface area contributed by atoms with Gasteiger partial charge in [0.05, 0.1) is 17.8 Å². The van der Waals surface area contributed by atoms with E-state index in [9.17, 15) is 10.1 Å². The van der Waals surface area contributed by atoms with Crippen molar-refractivity contribution in [1.82, 2.24) is 4.68 Å². The number of nitriles is 1. The summed E-state index contributed by atoms with van der Waals surface area (Å²) in [6.45, 7) is 3.75. The highest BCUT2D eigenvalue weighted by Crippen LogP contribution is 2.34. The van der Waals surface area contributed by atoms with Gasteiger partial charge < -0.3 is 9.47 Å². The number of aromatic nitrogens is 1. The Morgan fingerprint density at radius 2 is 1.88 bits per heavy atom. The number of aryl methyl sites for hydroxylation is 2. The van der Waals surface area contributed by atoms with Crippen molar-refractivity contribution >= 4 is 34.6 Å². The molecular weight excluding hydrogens is 433 g/mol. The summed E-state index contributed by atoms with van der Waals surface area (Å²) in [6.07, 6.45) is 1.52. The zero-order valence-electron chi connectivity index (χ0n) is 14.4. The SMILES string of the molecule is COc1cc(/C=C(/C#N)C(=O)Nn2c(C)ccc2C)cc(I)c1OC. The summed E-state index contributed by atoms with van der Waals surface area (Å²) in [4.78, 5) is 12.4. The quantitative estimate of drug-likeness (QED) is 0.430. The topological polar surface area (TPSA) is 76.3 Å². The average Bonchev–Trinajstić information content (AvgIpc) is 2.90. The molecule has 0 saturated carbocycles. The summed E-state index contributed by atoms with van der Waals surface area (Å²) in [5.74, 6) is 0.673. The number of carbonyl (C=O) groups is 1. The fourth-order valence-corrected chi connectivity index (χ4v) is 3.19. The first-order valence-corrected chi connectivity index (χ1v) is 8.48. The molecule has 0 saturated heterocycles. The number of amides is 1. The van der Waals surface area contributed by atoms with Crippen LogP contribution in [0.25, 0.3) is 6.08 Å². The zero-order chi connectivity index (χ0) is 18.6. The Morgan fingerprint density at radius 1 is 1.24 bits per heavy atom. The van der Waals surface area contributed by atoms with Gasteiger partial charge in [0.25, 0.3) is 5.91 Å². The predicted octanol–water partition coefficient (Wildman–Crippen LogP) is 3.40. The highest BCUT2D eigenvalue weighted by molar-refractivity contribution is 14.1. The summed E-state index contributed by atoms with van der Waals surface area (Å²) in [6, 6.07) is 9.27. The first-order chi connectivity index (χ1) is 11.9. The largest absolute Gasteiger partial charge is 0.493 e. The molecule has 0 atom stereocenters. The molecular formula is C18H18IN3O3. The van der Waals surface area contributed by atoms with E-state index in [1.807, 2.05) is 38.1 Å². The first-order valence-electron chi connectivity index (χ1n) is 7.41. The van der Waals surface area contributed by atoms with Crippen molar-refractivity contribution in [3.8, 4) is 17.6 Å². The highest BCUT2D eigenvalue weighted by atomic mass is 127. The summed E-state index contributed by atoms with van der Waals surface area (Å²) in [5, 5.41) is 9.38. The lowest BCUT2D eigenvalue weighted by Crippen LogP contribution is -2.25. The minimum Gasteiger partial charge on any atom is -0.493 e. The molecule has 1 amide bonds. The summed E-state index contributed by atoms with van der Waals surface area (Å²) >= 11 is 2.12. The molecule has 130 valence electrons. The van der Waals surface area contributed by atoms with Crippen molar-refractivity contribution in [2.75, 3.05) is 19.6 Å². The number of hydrogen-bond donors (Lipinski definition) is 1. The molecule has 0 spiro atoms. The number of benzene rings is 1. The van der Waals surface area contributed by atoms with Gasteiger partial charge in [0.15, 0.2) is 11.5 Å². The van der Waals surface area contributed by atoms with Crippen LogP contribution in [0.4, 0.5) is 0 Å². The van der Waals surface area contributed by atoms with Crippen LogP contribution in [0.1, 0.15) is 17.0 Å². The van der Waals surface area contributed by atoms with Crippen LogP contribution in [-0.2, 0) is 4.79 Å². The van der Waals surface area contributed by atoms with Gasteiger partial charge in [-0.25, -0.2) is 0 Å². The smallest absolute Gasteiger partial charge is 0.280 e. The summed E-state index contributed by atoms with van der Waals surface area (Å²) in [5.41, 5.74) is 5.15. The molecule has 6 nitrogen and oxygen atoms in total. The van der Waals surface area contributed by atoms with E-state index >= 15 is 0 Å². The Bertz CT molecular complexity index is 859. The highest BCUT2D eigenvalue weighted by Gasteiger charge is 2.14. The van der Waals surface area contributed by atoms with Crippen LogP contribution >= 0.6 is 22.6 Å². The van der Waals surface area contributed by atoms with Crippen molar-refractivity contribution in [2.24, 2.45) is 0 Å². The van der Waals surface area contributed by atoms with E-state index in [1.165, 1.54) is 13.2 Å². The fourth-order valence-electron chi connectivity index (χ4n) is 2.34. The second kappa shape index (κ2) is 8.07. The van der Waals surface area contributed by atoms with Crippen molar-refractivity contribution < 1.29 is 14.3 Å². The second-order valence-corrected chi connectivity index (χ2v) is 6.46. The molecule has 7 heteroatoms. The van der Waals surface area contributed by atoms with E-state index in [1.54, 1.807) is 17.9 Å². The molecule has 2 rings (SSSR count). The maximum absolute atomic E-state index is 12.4.